The predicted octanol–water partition coefficient (Wildman–Crippen LogP) is 1.65. The summed E-state index contributed by atoms with van der Waals surface area (Å²) in [5, 5.41) is 8.96. The molecule has 0 bridgehead atoms. The van der Waals surface area contributed by atoms with Crippen LogP contribution in [0.1, 0.15) is 5.69 Å². The summed E-state index contributed by atoms with van der Waals surface area (Å²) in [5.41, 5.74) is -2.72. The van der Waals surface area contributed by atoms with E-state index in [1.54, 1.807) is 4.98 Å². The molecule has 0 amide bonds. The van der Waals surface area contributed by atoms with Crippen LogP contribution in [0.2, 0.25) is 0 Å². The fourth-order valence-electron chi connectivity index (χ4n) is 1.38. The molecule has 2 aromatic rings. The summed E-state index contributed by atoms with van der Waals surface area (Å²) in [4.78, 5) is 15.8. The highest BCUT2D eigenvalue weighted by Gasteiger charge is 2.34. The van der Waals surface area contributed by atoms with Gasteiger partial charge >= 0.3 is 11.9 Å². The molecule has 16 heavy (non-hydrogen) atoms. The van der Waals surface area contributed by atoms with Gasteiger partial charge < -0.3 is 10.1 Å². The molecule has 0 unspecified atom stereocenters. The Morgan fingerprint density at radius 1 is 1.31 bits per heavy atom. The van der Waals surface area contributed by atoms with Crippen LogP contribution in [0.3, 0.4) is 0 Å². The third-order valence-corrected chi connectivity index (χ3v) is 2.01. The maximum atomic E-state index is 12.5. The second-order valence-electron chi connectivity index (χ2n) is 3.09. The van der Waals surface area contributed by atoms with Gasteiger partial charge in [-0.1, -0.05) is 12.1 Å². The van der Waals surface area contributed by atoms with Crippen molar-refractivity contribution in [3.05, 3.63) is 34.4 Å². The molecule has 84 valence electrons. The summed E-state index contributed by atoms with van der Waals surface area (Å²) < 4.78 is 37.6. The quantitative estimate of drug-likeness (QED) is 0.723. The SMILES string of the molecule is O=c1nc2c(O)cccc2c(C(F)(F)F)[nH]1. The maximum absolute atomic E-state index is 12.5. The molecule has 0 atom stereocenters. The number of phenolic OH excluding ortho intramolecular Hbond substituents is 1. The predicted molar refractivity (Wildman–Crippen MR) is 49.0 cm³/mol. The highest BCUT2D eigenvalue weighted by atomic mass is 19.4. The molecule has 7 heteroatoms. The van der Waals surface area contributed by atoms with Crippen molar-refractivity contribution in [2.75, 3.05) is 0 Å². The lowest BCUT2D eigenvalue weighted by molar-refractivity contribution is -0.140. The number of halogens is 3. The molecule has 4 nitrogen and oxygen atoms in total. The van der Waals surface area contributed by atoms with Gasteiger partial charge in [0.05, 0.1) is 0 Å². The Morgan fingerprint density at radius 3 is 2.62 bits per heavy atom. The van der Waals surface area contributed by atoms with Crippen molar-refractivity contribution in [1.29, 1.82) is 0 Å². The normalized spacial score (nSPS) is 11.9. The number of nitrogens with one attached hydrogen (secondary N) is 1. The number of alkyl halides is 3. The second kappa shape index (κ2) is 3.22. The van der Waals surface area contributed by atoms with Crippen LogP contribution >= 0.6 is 0 Å². The van der Waals surface area contributed by atoms with Gasteiger partial charge in [0.2, 0.25) is 0 Å². The number of H-pyrrole nitrogens is 1. The minimum atomic E-state index is -4.70. The monoisotopic (exact) mass is 230 g/mol. The molecule has 1 aromatic heterocycles. The van der Waals surface area contributed by atoms with Crippen molar-refractivity contribution in [2.45, 2.75) is 6.18 Å². The van der Waals surface area contributed by atoms with E-state index in [9.17, 15) is 23.1 Å². The maximum Gasteiger partial charge on any atom is 0.432 e. The first-order valence-corrected chi connectivity index (χ1v) is 4.19. The van der Waals surface area contributed by atoms with Crippen molar-refractivity contribution in [3.63, 3.8) is 0 Å². The van der Waals surface area contributed by atoms with Crippen LogP contribution < -0.4 is 5.69 Å². The van der Waals surface area contributed by atoms with Crippen LogP contribution in [0.4, 0.5) is 13.2 Å². The zero-order valence-electron chi connectivity index (χ0n) is 7.67. The number of aromatic amines is 1. The molecule has 0 spiro atoms. The fraction of sp³-hybridized carbons (Fsp3) is 0.111. The number of fused-ring (bicyclic) bond motifs is 1. The minimum absolute atomic E-state index is 0.341. The molecule has 0 aliphatic rings. The summed E-state index contributed by atoms with van der Waals surface area (Å²) in [5.74, 6) is -0.464. The number of rotatable bonds is 0. The second-order valence-corrected chi connectivity index (χ2v) is 3.09. The molecule has 0 aliphatic carbocycles. The highest BCUT2D eigenvalue weighted by molar-refractivity contribution is 5.86. The number of hydrogen-bond acceptors (Lipinski definition) is 3. The molecule has 1 aromatic carbocycles. The molecule has 0 aliphatic heterocycles. The Balaban J connectivity index is 2.95. The first-order valence-electron chi connectivity index (χ1n) is 4.19. The van der Waals surface area contributed by atoms with E-state index in [0.29, 0.717) is 0 Å². The zero-order valence-corrected chi connectivity index (χ0v) is 7.67. The third kappa shape index (κ3) is 1.60. The van der Waals surface area contributed by atoms with Gasteiger partial charge in [-0.15, -0.1) is 0 Å². The Kier molecular flexibility index (Phi) is 2.11. The van der Waals surface area contributed by atoms with Gasteiger partial charge in [0, 0.05) is 5.39 Å². The van der Waals surface area contributed by atoms with Crippen LogP contribution in [-0.2, 0) is 6.18 Å². The fourth-order valence-corrected chi connectivity index (χ4v) is 1.38. The molecule has 0 saturated heterocycles. The third-order valence-electron chi connectivity index (χ3n) is 2.01. The largest absolute Gasteiger partial charge is 0.506 e. The van der Waals surface area contributed by atoms with E-state index >= 15 is 0 Å². The van der Waals surface area contributed by atoms with Gasteiger partial charge in [0.25, 0.3) is 0 Å². The number of aromatic hydroxyl groups is 1. The molecular formula is C9H5F3N2O2. The van der Waals surface area contributed by atoms with Crippen LogP contribution in [0.5, 0.6) is 5.75 Å². The van der Waals surface area contributed by atoms with Crippen LogP contribution in [0, 0.1) is 0 Å². The van der Waals surface area contributed by atoms with Crippen LogP contribution in [0.25, 0.3) is 10.9 Å². The topological polar surface area (TPSA) is 66.0 Å². The van der Waals surface area contributed by atoms with Crippen molar-refractivity contribution in [3.8, 4) is 5.75 Å². The van der Waals surface area contributed by atoms with E-state index in [-0.39, 0.29) is 10.9 Å². The molecule has 1 heterocycles. The number of benzene rings is 1. The first kappa shape index (κ1) is 10.5. The van der Waals surface area contributed by atoms with E-state index in [1.807, 2.05) is 0 Å². The minimum Gasteiger partial charge on any atom is -0.506 e. The molecular weight excluding hydrogens is 225 g/mol. The summed E-state index contributed by atoms with van der Waals surface area (Å²) in [7, 11) is 0. The summed E-state index contributed by atoms with van der Waals surface area (Å²) in [6.45, 7) is 0. The van der Waals surface area contributed by atoms with Gasteiger partial charge in [-0.3, -0.25) is 0 Å². The average Bonchev–Trinajstić information content (AvgIpc) is 2.17. The first-order chi connectivity index (χ1) is 7.39. The van der Waals surface area contributed by atoms with E-state index in [4.69, 9.17) is 0 Å². The van der Waals surface area contributed by atoms with Crippen LogP contribution in [0.15, 0.2) is 23.0 Å². The molecule has 0 radical (unpaired) electrons. The van der Waals surface area contributed by atoms with Gasteiger partial charge in [0.1, 0.15) is 17.0 Å². The summed E-state index contributed by atoms with van der Waals surface area (Å²) in [6, 6.07) is 3.53. The van der Waals surface area contributed by atoms with Gasteiger partial charge in [-0.2, -0.15) is 18.2 Å². The number of nitrogens with zero attached hydrogens (tertiary/aromatic N) is 1. The Hall–Kier alpha value is -2.05. The summed E-state index contributed by atoms with van der Waals surface area (Å²) in [6.07, 6.45) is -4.70. The lowest BCUT2D eigenvalue weighted by Gasteiger charge is -2.09. The average molecular weight is 230 g/mol. The van der Waals surface area contributed by atoms with Crippen molar-refractivity contribution in [2.24, 2.45) is 0 Å². The smallest absolute Gasteiger partial charge is 0.432 e. The lowest BCUT2D eigenvalue weighted by atomic mass is 10.1. The van der Waals surface area contributed by atoms with E-state index in [2.05, 4.69) is 4.98 Å². The Morgan fingerprint density at radius 2 is 2.00 bits per heavy atom. The standard InChI is InChI=1S/C9H5F3N2O2/c10-9(11,12)7-4-2-1-3-5(15)6(4)13-8(16)14-7/h1-3,15H,(H,13,14,16). The van der Waals surface area contributed by atoms with Gasteiger partial charge in [-0.25, -0.2) is 4.79 Å². The van der Waals surface area contributed by atoms with Crippen molar-refractivity contribution >= 4 is 10.9 Å². The molecule has 0 fully saturated rings. The van der Waals surface area contributed by atoms with Crippen molar-refractivity contribution < 1.29 is 18.3 Å². The molecule has 0 saturated carbocycles. The van der Waals surface area contributed by atoms with E-state index in [1.165, 1.54) is 6.07 Å². The van der Waals surface area contributed by atoms with Gasteiger partial charge in [0.15, 0.2) is 0 Å². The van der Waals surface area contributed by atoms with E-state index < -0.39 is 23.3 Å². The number of aromatic nitrogens is 2. The molecule has 2 N–H and O–H groups in total. The van der Waals surface area contributed by atoms with E-state index in [0.717, 1.165) is 12.1 Å². The Labute approximate surface area is 86.4 Å². The molecule has 2 rings (SSSR count). The zero-order chi connectivity index (χ0) is 11.9. The summed E-state index contributed by atoms with van der Waals surface area (Å²) >= 11 is 0. The lowest BCUT2D eigenvalue weighted by Crippen LogP contribution is -2.19. The van der Waals surface area contributed by atoms with Crippen molar-refractivity contribution in [1.82, 2.24) is 9.97 Å². The number of phenols is 1. The Bertz CT molecular complexity index is 604. The van der Waals surface area contributed by atoms with Crippen LogP contribution in [-0.4, -0.2) is 15.1 Å². The number of para-hydroxylation sites is 1. The van der Waals surface area contributed by atoms with Gasteiger partial charge in [-0.05, 0) is 6.07 Å². The number of hydrogen-bond donors (Lipinski definition) is 2. The highest BCUT2D eigenvalue weighted by Crippen LogP contribution is 2.33.